The number of benzene rings is 1. The molecular weight excluding hydrogens is 359 g/mol. The van der Waals surface area contributed by atoms with E-state index in [1.54, 1.807) is 18.2 Å². The third kappa shape index (κ3) is 4.68. The summed E-state index contributed by atoms with van der Waals surface area (Å²) in [6.07, 6.45) is 7.03. The molecule has 6 heteroatoms. The first kappa shape index (κ1) is 18.5. The SMILES string of the molecule is O=C(Nc1ccc(Cl)cc1Cl)C1CCN(C(=O)C2CCCCC2)CC1. The summed E-state index contributed by atoms with van der Waals surface area (Å²) in [6, 6.07) is 5.03. The minimum Gasteiger partial charge on any atom is -0.342 e. The van der Waals surface area contributed by atoms with Crippen LogP contribution in [0.4, 0.5) is 5.69 Å². The van der Waals surface area contributed by atoms with Crippen LogP contribution in [0.3, 0.4) is 0 Å². The molecule has 0 bridgehead atoms. The summed E-state index contributed by atoms with van der Waals surface area (Å²) in [5.41, 5.74) is 0.580. The third-order valence-electron chi connectivity index (χ3n) is 5.32. The lowest BCUT2D eigenvalue weighted by atomic mass is 9.87. The monoisotopic (exact) mass is 382 g/mol. The Kier molecular flexibility index (Phi) is 6.24. The highest BCUT2D eigenvalue weighted by Crippen LogP contribution is 2.29. The zero-order chi connectivity index (χ0) is 17.8. The average molecular weight is 383 g/mol. The molecule has 0 aromatic heterocycles. The number of nitrogens with zero attached hydrogens (tertiary/aromatic N) is 1. The summed E-state index contributed by atoms with van der Waals surface area (Å²) in [7, 11) is 0. The van der Waals surface area contributed by atoms with E-state index in [9.17, 15) is 9.59 Å². The number of carbonyl (C=O) groups is 2. The molecule has 3 rings (SSSR count). The number of halogens is 2. The van der Waals surface area contributed by atoms with Crippen LogP contribution < -0.4 is 5.32 Å². The number of amides is 2. The Morgan fingerprint density at radius 1 is 0.960 bits per heavy atom. The maximum absolute atomic E-state index is 12.6. The molecule has 1 N–H and O–H groups in total. The van der Waals surface area contributed by atoms with Crippen LogP contribution in [-0.2, 0) is 9.59 Å². The topological polar surface area (TPSA) is 49.4 Å². The molecule has 4 nitrogen and oxygen atoms in total. The number of nitrogens with one attached hydrogen (secondary N) is 1. The Morgan fingerprint density at radius 2 is 1.64 bits per heavy atom. The second kappa shape index (κ2) is 8.41. The number of anilines is 1. The van der Waals surface area contributed by atoms with Gasteiger partial charge in [-0.3, -0.25) is 9.59 Å². The number of hydrogen-bond acceptors (Lipinski definition) is 2. The summed E-state index contributed by atoms with van der Waals surface area (Å²) in [5.74, 6) is 0.377. The van der Waals surface area contributed by atoms with Crippen LogP contribution >= 0.6 is 23.2 Å². The van der Waals surface area contributed by atoms with E-state index in [4.69, 9.17) is 23.2 Å². The fraction of sp³-hybridized carbons (Fsp3) is 0.579. The summed E-state index contributed by atoms with van der Waals surface area (Å²) in [6.45, 7) is 1.34. The highest BCUT2D eigenvalue weighted by atomic mass is 35.5. The van der Waals surface area contributed by atoms with E-state index in [1.807, 2.05) is 4.90 Å². The normalized spacial score (nSPS) is 19.7. The van der Waals surface area contributed by atoms with Crippen LogP contribution in [0.5, 0.6) is 0 Å². The first-order valence-corrected chi connectivity index (χ1v) is 9.85. The summed E-state index contributed by atoms with van der Waals surface area (Å²) < 4.78 is 0. The zero-order valence-corrected chi connectivity index (χ0v) is 15.8. The van der Waals surface area contributed by atoms with Gasteiger partial charge in [-0.1, -0.05) is 42.5 Å². The number of hydrogen-bond donors (Lipinski definition) is 1. The van der Waals surface area contributed by atoms with Crippen LogP contribution in [0.2, 0.25) is 10.0 Å². The van der Waals surface area contributed by atoms with Gasteiger partial charge in [-0.05, 0) is 43.9 Å². The van der Waals surface area contributed by atoms with E-state index in [-0.39, 0.29) is 17.7 Å². The van der Waals surface area contributed by atoms with Crippen LogP contribution in [0.15, 0.2) is 18.2 Å². The predicted octanol–water partition coefficient (Wildman–Crippen LogP) is 4.75. The fourth-order valence-electron chi connectivity index (χ4n) is 3.80. The van der Waals surface area contributed by atoms with Gasteiger partial charge in [-0.2, -0.15) is 0 Å². The lowest BCUT2D eigenvalue weighted by molar-refractivity contribution is -0.139. The molecule has 25 heavy (non-hydrogen) atoms. The van der Waals surface area contributed by atoms with Crippen LogP contribution in [0.1, 0.15) is 44.9 Å². The van der Waals surface area contributed by atoms with Crippen molar-refractivity contribution in [3.05, 3.63) is 28.2 Å². The molecule has 0 spiro atoms. The van der Waals surface area contributed by atoms with Crippen molar-refractivity contribution in [1.29, 1.82) is 0 Å². The van der Waals surface area contributed by atoms with Crippen molar-refractivity contribution < 1.29 is 9.59 Å². The molecule has 1 aromatic carbocycles. The largest absolute Gasteiger partial charge is 0.342 e. The molecule has 0 radical (unpaired) electrons. The van der Waals surface area contributed by atoms with E-state index in [0.717, 1.165) is 25.7 Å². The van der Waals surface area contributed by atoms with Crippen LogP contribution in [-0.4, -0.2) is 29.8 Å². The molecule has 1 aliphatic heterocycles. The Morgan fingerprint density at radius 3 is 2.28 bits per heavy atom. The molecule has 2 fully saturated rings. The van der Waals surface area contributed by atoms with E-state index in [2.05, 4.69) is 5.32 Å². The van der Waals surface area contributed by atoms with E-state index >= 15 is 0 Å². The van der Waals surface area contributed by atoms with Crippen molar-refractivity contribution in [2.24, 2.45) is 11.8 Å². The number of likely N-dealkylation sites (tertiary alicyclic amines) is 1. The molecule has 0 atom stereocenters. The van der Waals surface area contributed by atoms with Gasteiger partial charge >= 0.3 is 0 Å². The van der Waals surface area contributed by atoms with Crippen LogP contribution in [0.25, 0.3) is 0 Å². The molecule has 2 amide bonds. The van der Waals surface area contributed by atoms with Gasteiger partial charge in [-0.15, -0.1) is 0 Å². The molecule has 0 unspecified atom stereocenters. The van der Waals surface area contributed by atoms with Gasteiger partial charge in [-0.25, -0.2) is 0 Å². The van der Waals surface area contributed by atoms with Gasteiger partial charge in [0, 0.05) is 29.9 Å². The molecule has 1 heterocycles. The second-order valence-corrected chi connectivity index (χ2v) is 7.89. The standard InChI is InChI=1S/C19H24Cl2N2O2/c20-15-6-7-17(16(21)12-15)22-18(24)13-8-10-23(11-9-13)19(25)14-4-2-1-3-5-14/h6-7,12-14H,1-5,8-11H2,(H,22,24). The Balaban J connectivity index is 1.51. The van der Waals surface area contributed by atoms with Crippen LogP contribution in [0, 0.1) is 11.8 Å². The Labute approximate surface area is 158 Å². The van der Waals surface area contributed by atoms with Gasteiger partial charge in [0.15, 0.2) is 0 Å². The Bertz CT molecular complexity index is 636. The lowest BCUT2D eigenvalue weighted by Gasteiger charge is -2.34. The quantitative estimate of drug-likeness (QED) is 0.819. The second-order valence-electron chi connectivity index (χ2n) is 7.05. The molecular formula is C19H24Cl2N2O2. The Hall–Kier alpha value is -1.26. The first-order chi connectivity index (χ1) is 12.0. The first-order valence-electron chi connectivity index (χ1n) is 9.09. The van der Waals surface area contributed by atoms with Gasteiger partial charge in [0.1, 0.15) is 0 Å². The maximum Gasteiger partial charge on any atom is 0.227 e. The van der Waals surface area contributed by atoms with Crippen molar-refractivity contribution in [3.63, 3.8) is 0 Å². The molecule has 1 aliphatic carbocycles. The smallest absolute Gasteiger partial charge is 0.227 e. The summed E-state index contributed by atoms with van der Waals surface area (Å²) in [5, 5.41) is 3.86. The van der Waals surface area contributed by atoms with Crippen molar-refractivity contribution >= 4 is 40.7 Å². The van der Waals surface area contributed by atoms with Crippen molar-refractivity contribution in [3.8, 4) is 0 Å². The highest BCUT2D eigenvalue weighted by Gasteiger charge is 2.31. The fourth-order valence-corrected chi connectivity index (χ4v) is 4.25. The molecule has 1 aromatic rings. The minimum atomic E-state index is -0.0813. The number of rotatable bonds is 3. The van der Waals surface area contributed by atoms with Crippen molar-refractivity contribution in [2.45, 2.75) is 44.9 Å². The molecule has 1 saturated carbocycles. The van der Waals surface area contributed by atoms with E-state index in [1.165, 1.54) is 6.42 Å². The van der Waals surface area contributed by atoms with E-state index < -0.39 is 0 Å². The maximum atomic E-state index is 12.6. The highest BCUT2D eigenvalue weighted by molar-refractivity contribution is 6.36. The predicted molar refractivity (Wildman–Crippen MR) is 101 cm³/mol. The number of carbonyl (C=O) groups excluding carboxylic acids is 2. The van der Waals surface area contributed by atoms with Gasteiger partial charge in [0.25, 0.3) is 0 Å². The third-order valence-corrected chi connectivity index (χ3v) is 5.87. The zero-order valence-electron chi connectivity index (χ0n) is 14.3. The van der Waals surface area contributed by atoms with Crippen molar-refractivity contribution in [1.82, 2.24) is 4.90 Å². The van der Waals surface area contributed by atoms with E-state index in [0.29, 0.717) is 47.6 Å². The lowest BCUT2D eigenvalue weighted by Crippen LogP contribution is -2.44. The minimum absolute atomic E-state index is 0.0333. The number of piperidine rings is 1. The van der Waals surface area contributed by atoms with Gasteiger partial charge < -0.3 is 10.2 Å². The molecule has 136 valence electrons. The average Bonchev–Trinajstić information content (AvgIpc) is 2.64. The molecule has 1 saturated heterocycles. The summed E-state index contributed by atoms with van der Waals surface area (Å²) in [4.78, 5) is 27.0. The van der Waals surface area contributed by atoms with Crippen molar-refractivity contribution in [2.75, 3.05) is 18.4 Å². The van der Waals surface area contributed by atoms with Gasteiger partial charge in [0.05, 0.1) is 10.7 Å². The molecule has 2 aliphatic rings. The van der Waals surface area contributed by atoms with Gasteiger partial charge in [0.2, 0.25) is 11.8 Å². The summed E-state index contributed by atoms with van der Waals surface area (Å²) >= 11 is 12.0.